The first-order chi connectivity index (χ1) is 10.2. The van der Waals surface area contributed by atoms with Crippen LogP contribution in [0.3, 0.4) is 0 Å². The lowest BCUT2D eigenvalue weighted by Gasteiger charge is -2.15. The molecule has 0 aromatic heterocycles. The van der Waals surface area contributed by atoms with Crippen LogP contribution >= 0.6 is 24.0 Å². The maximum atomic E-state index is 11.8. The molecule has 1 heterocycles. The Hall–Kier alpha value is -0.530. The number of halogens is 1. The number of nitrogens with one attached hydrogen (secondary N) is 1. The maximum Gasteiger partial charge on any atom is 0.224 e. The molecule has 1 rings (SSSR count). The number of carbonyl (C=O) groups excluding carboxylic acids is 1. The molecule has 0 aromatic rings. The van der Waals surface area contributed by atoms with Gasteiger partial charge in [-0.15, -0.1) is 24.0 Å². The zero-order valence-electron chi connectivity index (χ0n) is 14.0. The maximum absolute atomic E-state index is 11.8. The zero-order chi connectivity index (χ0) is 15.3. The Morgan fingerprint density at radius 1 is 1.14 bits per heavy atom. The second-order valence-corrected chi connectivity index (χ2v) is 5.80. The minimum Gasteiger partial charge on any atom is -0.370 e. The third kappa shape index (κ3) is 10.2. The second kappa shape index (κ2) is 14.1. The molecule has 3 N–H and O–H groups in total. The molecule has 0 spiro atoms. The van der Waals surface area contributed by atoms with E-state index in [9.17, 15) is 4.79 Å². The van der Waals surface area contributed by atoms with E-state index in [0.29, 0.717) is 18.9 Å². The van der Waals surface area contributed by atoms with Gasteiger partial charge >= 0.3 is 0 Å². The first-order valence-electron chi connectivity index (χ1n) is 8.55. The number of hydrogen-bond acceptors (Lipinski definition) is 2. The fourth-order valence-electron chi connectivity index (χ4n) is 2.57. The van der Waals surface area contributed by atoms with E-state index in [0.717, 1.165) is 38.9 Å². The Morgan fingerprint density at radius 2 is 1.77 bits per heavy atom. The molecule has 0 aromatic carbocycles. The molecule has 0 atom stereocenters. The number of hydrogen-bond donors (Lipinski definition) is 2. The molecule has 1 aliphatic heterocycles. The molecule has 1 fully saturated rings. The first-order valence-corrected chi connectivity index (χ1v) is 8.55. The number of amides is 1. The van der Waals surface area contributed by atoms with Crippen LogP contribution < -0.4 is 11.1 Å². The minimum absolute atomic E-state index is 0. The number of guanidine groups is 1. The molecule has 22 heavy (non-hydrogen) atoms. The number of nitrogens with zero attached hydrogens (tertiary/aromatic N) is 2. The van der Waals surface area contributed by atoms with Crippen LogP contribution in [-0.2, 0) is 4.79 Å². The van der Waals surface area contributed by atoms with E-state index in [2.05, 4.69) is 17.2 Å². The van der Waals surface area contributed by atoms with Crippen molar-refractivity contribution in [2.45, 2.75) is 64.7 Å². The van der Waals surface area contributed by atoms with Crippen LogP contribution in [0, 0.1) is 0 Å². The summed E-state index contributed by atoms with van der Waals surface area (Å²) >= 11 is 0. The van der Waals surface area contributed by atoms with Crippen molar-refractivity contribution in [1.29, 1.82) is 0 Å². The van der Waals surface area contributed by atoms with E-state index in [1.165, 1.54) is 32.1 Å². The van der Waals surface area contributed by atoms with Crippen molar-refractivity contribution >= 4 is 35.8 Å². The van der Waals surface area contributed by atoms with Crippen LogP contribution in [0.2, 0.25) is 0 Å². The van der Waals surface area contributed by atoms with Crippen LogP contribution in [0.1, 0.15) is 64.7 Å². The van der Waals surface area contributed by atoms with Crippen molar-refractivity contribution < 1.29 is 4.79 Å². The Morgan fingerprint density at radius 3 is 2.45 bits per heavy atom. The highest BCUT2D eigenvalue weighted by molar-refractivity contribution is 14.0. The highest BCUT2D eigenvalue weighted by Gasteiger charge is 2.16. The molecular formula is C16H33IN4O. The van der Waals surface area contributed by atoms with Crippen molar-refractivity contribution in [2.24, 2.45) is 10.7 Å². The summed E-state index contributed by atoms with van der Waals surface area (Å²) in [5.41, 5.74) is 5.79. The summed E-state index contributed by atoms with van der Waals surface area (Å²) in [6, 6.07) is 0. The van der Waals surface area contributed by atoms with E-state index >= 15 is 0 Å². The number of carbonyl (C=O) groups is 1. The van der Waals surface area contributed by atoms with Crippen molar-refractivity contribution in [1.82, 2.24) is 10.2 Å². The van der Waals surface area contributed by atoms with Gasteiger partial charge < -0.3 is 16.0 Å². The zero-order valence-corrected chi connectivity index (χ0v) is 16.3. The summed E-state index contributed by atoms with van der Waals surface area (Å²) in [7, 11) is 0. The average molecular weight is 424 g/mol. The Kier molecular flexibility index (Phi) is 13.7. The lowest BCUT2D eigenvalue weighted by atomic mass is 10.1. The lowest BCUT2D eigenvalue weighted by molar-refractivity contribution is -0.129. The number of unbranched alkanes of at least 4 members (excludes halogenated alkanes) is 5. The van der Waals surface area contributed by atoms with E-state index in [-0.39, 0.29) is 29.9 Å². The predicted molar refractivity (Wildman–Crippen MR) is 104 cm³/mol. The Balaban J connectivity index is 0.00000441. The fourth-order valence-corrected chi connectivity index (χ4v) is 2.57. The third-order valence-electron chi connectivity index (χ3n) is 3.90. The van der Waals surface area contributed by atoms with Gasteiger partial charge in [0.25, 0.3) is 0 Å². The van der Waals surface area contributed by atoms with E-state index in [4.69, 9.17) is 5.73 Å². The van der Waals surface area contributed by atoms with Gasteiger partial charge in [-0.2, -0.15) is 0 Å². The highest BCUT2D eigenvalue weighted by atomic mass is 127. The third-order valence-corrected chi connectivity index (χ3v) is 3.90. The molecule has 0 unspecified atom stereocenters. The predicted octanol–water partition coefficient (Wildman–Crippen LogP) is 2.88. The molecule has 0 saturated carbocycles. The van der Waals surface area contributed by atoms with Crippen LogP contribution in [0.4, 0.5) is 0 Å². The Bertz CT molecular complexity index is 317. The summed E-state index contributed by atoms with van der Waals surface area (Å²) in [6.45, 7) is 5.43. The number of rotatable bonds is 10. The Labute approximate surface area is 152 Å². The molecule has 0 bridgehead atoms. The second-order valence-electron chi connectivity index (χ2n) is 5.80. The molecule has 130 valence electrons. The monoisotopic (exact) mass is 424 g/mol. The van der Waals surface area contributed by atoms with Crippen molar-refractivity contribution in [3.63, 3.8) is 0 Å². The molecule has 1 aliphatic rings. The topological polar surface area (TPSA) is 70.7 Å². The summed E-state index contributed by atoms with van der Waals surface area (Å²) in [5.74, 6) is 0.696. The van der Waals surface area contributed by atoms with Crippen LogP contribution in [-0.4, -0.2) is 42.9 Å². The van der Waals surface area contributed by atoms with E-state index in [1.807, 2.05) is 4.90 Å². The SMILES string of the molecule is CCCCCCCCN=C(N)NCCC(=O)N1CCCC1.I. The number of nitrogens with two attached hydrogens (primary N) is 1. The minimum atomic E-state index is 0. The quantitative estimate of drug-likeness (QED) is 0.245. The van der Waals surface area contributed by atoms with Gasteiger partial charge in [0.1, 0.15) is 0 Å². The lowest BCUT2D eigenvalue weighted by Crippen LogP contribution is -2.36. The van der Waals surface area contributed by atoms with Crippen LogP contribution in [0.5, 0.6) is 0 Å². The summed E-state index contributed by atoms with van der Waals surface area (Å²) in [6.07, 6.45) is 10.3. The van der Waals surface area contributed by atoms with E-state index in [1.54, 1.807) is 0 Å². The molecular weight excluding hydrogens is 391 g/mol. The van der Waals surface area contributed by atoms with Gasteiger partial charge in [0.15, 0.2) is 5.96 Å². The average Bonchev–Trinajstić information content (AvgIpc) is 3.00. The van der Waals surface area contributed by atoms with Gasteiger partial charge in [-0.05, 0) is 19.3 Å². The normalized spacial score (nSPS) is 14.8. The molecule has 0 aliphatic carbocycles. The van der Waals surface area contributed by atoms with Gasteiger partial charge in [0, 0.05) is 32.6 Å². The van der Waals surface area contributed by atoms with Crippen molar-refractivity contribution in [3.8, 4) is 0 Å². The van der Waals surface area contributed by atoms with Crippen molar-refractivity contribution in [3.05, 3.63) is 0 Å². The summed E-state index contributed by atoms with van der Waals surface area (Å²) in [5, 5.41) is 3.03. The molecule has 1 amide bonds. The van der Waals surface area contributed by atoms with Gasteiger partial charge in [0.05, 0.1) is 0 Å². The molecule has 5 nitrogen and oxygen atoms in total. The molecule has 0 radical (unpaired) electrons. The van der Waals surface area contributed by atoms with Crippen LogP contribution in [0.25, 0.3) is 0 Å². The van der Waals surface area contributed by atoms with Gasteiger partial charge in [-0.1, -0.05) is 39.0 Å². The van der Waals surface area contributed by atoms with E-state index < -0.39 is 0 Å². The first kappa shape index (κ1) is 21.5. The number of aliphatic imine (C=N–C) groups is 1. The largest absolute Gasteiger partial charge is 0.370 e. The highest BCUT2D eigenvalue weighted by Crippen LogP contribution is 2.08. The molecule has 6 heteroatoms. The van der Waals surface area contributed by atoms with Gasteiger partial charge in [-0.25, -0.2) is 0 Å². The van der Waals surface area contributed by atoms with Crippen molar-refractivity contribution in [2.75, 3.05) is 26.2 Å². The smallest absolute Gasteiger partial charge is 0.224 e. The van der Waals surface area contributed by atoms with Crippen LogP contribution in [0.15, 0.2) is 4.99 Å². The van der Waals surface area contributed by atoms with Gasteiger partial charge in [0.2, 0.25) is 5.91 Å². The fraction of sp³-hybridized carbons (Fsp3) is 0.875. The standard InChI is InChI=1S/C16H32N4O.HI/c1-2-3-4-5-6-7-11-18-16(17)19-12-10-15(21)20-13-8-9-14-20;/h2-14H2,1H3,(H3,17,18,19);1H. The summed E-state index contributed by atoms with van der Waals surface area (Å²) in [4.78, 5) is 18.0. The summed E-state index contributed by atoms with van der Waals surface area (Å²) < 4.78 is 0. The number of likely N-dealkylation sites (tertiary alicyclic amines) is 1. The van der Waals surface area contributed by atoms with Gasteiger partial charge in [-0.3, -0.25) is 9.79 Å². The molecule has 1 saturated heterocycles.